The number of thiazole rings is 1. The van der Waals surface area contributed by atoms with Gasteiger partial charge in [-0.15, -0.1) is 0 Å². The zero-order valence-corrected chi connectivity index (χ0v) is 26.5. The van der Waals surface area contributed by atoms with Crippen molar-refractivity contribution in [3.8, 4) is 17.0 Å². The molecule has 8 heteroatoms. The van der Waals surface area contributed by atoms with E-state index >= 15 is 0 Å². The van der Waals surface area contributed by atoms with Crippen LogP contribution in [0.5, 0.6) is 5.75 Å². The summed E-state index contributed by atoms with van der Waals surface area (Å²) < 4.78 is 13.5. The molecule has 0 aliphatic carbocycles. The Labute approximate surface area is 259 Å². The molecular formula is C36H35N3O4S. The molecule has 0 unspecified atom stereocenters. The highest BCUT2D eigenvalue weighted by Crippen LogP contribution is 2.34. The quantitative estimate of drug-likeness (QED) is 0.219. The van der Waals surface area contributed by atoms with Gasteiger partial charge in [0.15, 0.2) is 4.80 Å². The number of hydrogen-bond acceptors (Lipinski definition) is 6. The van der Waals surface area contributed by atoms with Gasteiger partial charge in [-0.1, -0.05) is 65.4 Å². The van der Waals surface area contributed by atoms with E-state index < -0.39 is 12.0 Å². The number of esters is 1. The van der Waals surface area contributed by atoms with Crippen LogP contribution in [0.15, 0.2) is 87.8 Å². The standard InChI is InChI=1S/C36H35N3O4S/c1-7-42-35(41)30-23(6)37-36-39(33(30)25-13-15-26(16-14-25)43-20(2)3)34(40)29(44-36)19-28-27-18-21(4)17-22(5)31(27)38-32(28)24-11-9-8-10-12-24/h8-20,33,38H,7H2,1-6H3/b29-19-/t33-/m1/s1. The summed E-state index contributed by atoms with van der Waals surface area (Å²) in [5.41, 5.74) is 7.68. The summed E-state index contributed by atoms with van der Waals surface area (Å²) >= 11 is 1.33. The SMILES string of the molecule is CCOC(=O)C1=C(C)N=c2s/c(=C\c3c(-c4ccccc4)[nH]c4c(C)cc(C)cc34)c(=O)n2[C@@H]1c1ccc(OC(C)C)cc1. The fourth-order valence-corrected chi connectivity index (χ4v) is 6.92. The van der Waals surface area contributed by atoms with Crippen LogP contribution in [0, 0.1) is 13.8 Å². The van der Waals surface area contributed by atoms with Gasteiger partial charge in [-0.25, -0.2) is 9.79 Å². The topological polar surface area (TPSA) is 85.7 Å². The van der Waals surface area contributed by atoms with Crippen LogP contribution in [0.1, 0.15) is 56.0 Å². The number of hydrogen-bond donors (Lipinski definition) is 1. The zero-order chi connectivity index (χ0) is 31.1. The summed E-state index contributed by atoms with van der Waals surface area (Å²) in [6.07, 6.45) is 1.98. The number of aryl methyl sites for hydroxylation is 2. The van der Waals surface area contributed by atoms with Crippen molar-refractivity contribution < 1.29 is 14.3 Å². The van der Waals surface area contributed by atoms with Gasteiger partial charge in [0.05, 0.1) is 40.2 Å². The Morgan fingerprint density at radius 3 is 2.48 bits per heavy atom. The van der Waals surface area contributed by atoms with Gasteiger partial charge in [-0.05, 0) is 82.5 Å². The van der Waals surface area contributed by atoms with Crippen LogP contribution in [-0.2, 0) is 9.53 Å². The molecule has 3 heterocycles. The molecule has 224 valence electrons. The van der Waals surface area contributed by atoms with E-state index in [1.807, 2.05) is 62.4 Å². The fourth-order valence-electron chi connectivity index (χ4n) is 5.89. The molecule has 6 rings (SSSR count). The third kappa shape index (κ3) is 5.30. The minimum absolute atomic E-state index is 0.0219. The van der Waals surface area contributed by atoms with Gasteiger partial charge in [-0.3, -0.25) is 9.36 Å². The highest BCUT2D eigenvalue weighted by Gasteiger charge is 2.33. The second-order valence-electron chi connectivity index (χ2n) is 11.3. The lowest BCUT2D eigenvalue weighted by Gasteiger charge is -2.25. The number of nitrogens with zero attached hydrogens (tertiary/aromatic N) is 2. The number of carbonyl (C=O) groups is 1. The highest BCUT2D eigenvalue weighted by atomic mass is 32.1. The number of aromatic nitrogens is 2. The Bertz CT molecular complexity index is 2100. The third-order valence-corrected chi connectivity index (χ3v) is 8.69. The molecule has 1 aliphatic heterocycles. The molecule has 0 saturated heterocycles. The van der Waals surface area contributed by atoms with Gasteiger partial charge in [0.25, 0.3) is 5.56 Å². The average Bonchev–Trinajstić information content (AvgIpc) is 3.50. The van der Waals surface area contributed by atoms with Crippen LogP contribution in [0.25, 0.3) is 28.2 Å². The fraction of sp³-hybridized carbons (Fsp3) is 0.250. The lowest BCUT2D eigenvalue weighted by Crippen LogP contribution is -2.39. The molecule has 0 radical (unpaired) electrons. The van der Waals surface area contributed by atoms with Gasteiger partial charge in [0.1, 0.15) is 5.75 Å². The Morgan fingerprint density at radius 1 is 1.07 bits per heavy atom. The van der Waals surface area contributed by atoms with Gasteiger partial charge in [0, 0.05) is 16.5 Å². The number of fused-ring (bicyclic) bond motifs is 2. The predicted molar refractivity (Wildman–Crippen MR) is 176 cm³/mol. The summed E-state index contributed by atoms with van der Waals surface area (Å²) in [6.45, 7) is 11.9. The van der Waals surface area contributed by atoms with E-state index in [0.29, 0.717) is 26.4 Å². The van der Waals surface area contributed by atoms with Gasteiger partial charge in [0.2, 0.25) is 0 Å². The van der Waals surface area contributed by atoms with Crippen LogP contribution in [0.3, 0.4) is 0 Å². The molecule has 1 N–H and O–H groups in total. The smallest absolute Gasteiger partial charge is 0.338 e. The lowest BCUT2D eigenvalue weighted by molar-refractivity contribution is -0.139. The van der Waals surface area contributed by atoms with Crippen LogP contribution in [-0.4, -0.2) is 28.2 Å². The van der Waals surface area contributed by atoms with Crippen molar-refractivity contribution in [1.29, 1.82) is 0 Å². The number of aromatic amines is 1. The number of ether oxygens (including phenoxy) is 2. The maximum Gasteiger partial charge on any atom is 0.338 e. The third-order valence-electron chi connectivity index (χ3n) is 7.71. The molecule has 1 atom stereocenters. The van der Waals surface area contributed by atoms with Crippen LogP contribution >= 0.6 is 11.3 Å². The van der Waals surface area contributed by atoms with E-state index in [1.54, 1.807) is 18.4 Å². The summed E-state index contributed by atoms with van der Waals surface area (Å²) in [5, 5.41) is 1.05. The maximum absolute atomic E-state index is 14.4. The Morgan fingerprint density at radius 2 is 1.80 bits per heavy atom. The van der Waals surface area contributed by atoms with Crippen molar-refractivity contribution in [2.24, 2.45) is 4.99 Å². The Balaban J connectivity index is 1.59. The van der Waals surface area contributed by atoms with Crippen molar-refractivity contribution in [2.75, 3.05) is 6.61 Å². The van der Waals surface area contributed by atoms with Crippen LogP contribution in [0.2, 0.25) is 0 Å². The van der Waals surface area contributed by atoms with Crippen molar-refractivity contribution in [3.63, 3.8) is 0 Å². The molecule has 44 heavy (non-hydrogen) atoms. The minimum Gasteiger partial charge on any atom is -0.491 e. The predicted octanol–water partition coefficient (Wildman–Crippen LogP) is 6.35. The number of nitrogens with one attached hydrogen (secondary N) is 1. The summed E-state index contributed by atoms with van der Waals surface area (Å²) in [5.74, 6) is 0.234. The number of rotatable bonds is 7. The number of carbonyl (C=O) groups excluding carboxylic acids is 1. The summed E-state index contributed by atoms with van der Waals surface area (Å²) in [6, 6.07) is 21.3. The largest absolute Gasteiger partial charge is 0.491 e. The van der Waals surface area contributed by atoms with E-state index in [9.17, 15) is 9.59 Å². The summed E-state index contributed by atoms with van der Waals surface area (Å²) in [7, 11) is 0. The van der Waals surface area contributed by atoms with E-state index in [-0.39, 0.29) is 18.3 Å². The van der Waals surface area contributed by atoms with Crippen molar-refractivity contribution in [3.05, 3.63) is 120 Å². The lowest BCUT2D eigenvalue weighted by atomic mass is 9.96. The Hall–Kier alpha value is -4.69. The average molecular weight is 606 g/mol. The first-order valence-corrected chi connectivity index (χ1v) is 15.6. The molecule has 3 aromatic carbocycles. The van der Waals surface area contributed by atoms with E-state index in [1.165, 1.54) is 11.3 Å². The van der Waals surface area contributed by atoms with Gasteiger partial charge < -0.3 is 14.5 Å². The molecule has 5 aromatic rings. The number of benzene rings is 3. The minimum atomic E-state index is -0.693. The summed E-state index contributed by atoms with van der Waals surface area (Å²) in [4.78, 5) is 36.6. The van der Waals surface area contributed by atoms with Crippen molar-refractivity contribution in [1.82, 2.24) is 9.55 Å². The second-order valence-corrected chi connectivity index (χ2v) is 12.3. The molecule has 0 spiro atoms. The normalized spacial score (nSPS) is 15.1. The molecule has 0 bridgehead atoms. The van der Waals surface area contributed by atoms with Crippen molar-refractivity contribution in [2.45, 2.75) is 53.7 Å². The zero-order valence-electron chi connectivity index (χ0n) is 25.7. The molecular weight excluding hydrogens is 570 g/mol. The van der Waals surface area contributed by atoms with E-state index in [2.05, 4.69) is 43.1 Å². The molecule has 7 nitrogen and oxygen atoms in total. The molecule has 1 aliphatic rings. The van der Waals surface area contributed by atoms with Gasteiger partial charge in [-0.2, -0.15) is 0 Å². The molecule has 0 fully saturated rings. The van der Waals surface area contributed by atoms with E-state index in [0.717, 1.165) is 44.4 Å². The first kappa shape index (κ1) is 29.4. The monoisotopic (exact) mass is 605 g/mol. The molecule has 2 aromatic heterocycles. The first-order chi connectivity index (χ1) is 21.2. The first-order valence-electron chi connectivity index (χ1n) is 14.8. The van der Waals surface area contributed by atoms with E-state index in [4.69, 9.17) is 14.5 Å². The molecule has 0 amide bonds. The second kappa shape index (κ2) is 11.8. The van der Waals surface area contributed by atoms with Gasteiger partial charge >= 0.3 is 5.97 Å². The highest BCUT2D eigenvalue weighted by molar-refractivity contribution is 7.07. The molecule has 0 saturated carbocycles. The van der Waals surface area contributed by atoms with Crippen LogP contribution < -0.4 is 19.6 Å². The van der Waals surface area contributed by atoms with Crippen molar-refractivity contribution >= 4 is 34.3 Å². The Kier molecular flexibility index (Phi) is 7.86. The number of H-pyrrole nitrogens is 1. The maximum atomic E-state index is 14.4. The van der Waals surface area contributed by atoms with Crippen LogP contribution in [0.4, 0.5) is 0 Å². The number of allylic oxidation sites excluding steroid dienone is 1.